The first-order chi connectivity index (χ1) is 8.10. The van der Waals surface area contributed by atoms with Crippen molar-refractivity contribution < 1.29 is 14.3 Å². The second-order valence-corrected chi connectivity index (χ2v) is 4.59. The highest BCUT2D eigenvalue weighted by atomic mass is 16.5. The van der Waals surface area contributed by atoms with Crippen LogP contribution >= 0.6 is 0 Å². The minimum absolute atomic E-state index is 0.290. The number of carbonyl (C=O) groups excluding carboxylic acids is 1. The molecule has 17 heavy (non-hydrogen) atoms. The lowest BCUT2D eigenvalue weighted by molar-refractivity contribution is -0.151. The molecule has 0 bridgehead atoms. The van der Waals surface area contributed by atoms with Crippen LogP contribution in [0.25, 0.3) is 0 Å². The standard InChI is InChI=1S/C13H23NO3/c1-4-6-12(15)16-10-7-13(11(2)3)14-8-5-9-17-13/h4,6,11,14H,5,7-10H2,1-3H3. The van der Waals surface area contributed by atoms with Crippen LogP contribution in [0, 0.1) is 5.92 Å². The zero-order chi connectivity index (χ0) is 12.7. The number of rotatable bonds is 5. The smallest absolute Gasteiger partial charge is 0.330 e. The molecule has 0 radical (unpaired) electrons. The largest absolute Gasteiger partial charge is 0.462 e. The summed E-state index contributed by atoms with van der Waals surface area (Å²) < 4.78 is 11.0. The Morgan fingerprint density at radius 2 is 2.35 bits per heavy atom. The average molecular weight is 241 g/mol. The van der Waals surface area contributed by atoms with Gasteiger partial charge in [0.15, 0.2) is 0 Å². The molecule has 1 unspecified atom stereocenters. The molecule has 4 nitrogen and oxygen atoms in total. The van der Waals surface area contributed by atoms with Crippen LogP contribution in [0.5, 0.6) is 0 Å². The van der Waals surface area contributed by atoms with Crippen molar-refractivity contribution in [2.45, 2.75) is 39.3 Å². The van der Waals surface area contributed by atoms with Crippen LogP contribution in [-0.4, -0.2) is 31.5 Å². The number of allylic oxidation sites excluding steroid dienone is 1. The highest BCUT2D eigenvalue weighted by Crippen LogP contribution is 2.25. The lowest BCUT2D eigenvalue weighted by Gasteiger charge is -2.41. The number of hydrogen-bond acceptors (Lipinski definition) is 4. The van der Waals surface area contributed by atoms with Crippen molar-refractivity contribution in [2.75, 3.05) is 19.8 Å². The maximum absolute atomic E-state index is 11.2. The number of esters is 1. The molecule has 0 saturated carbocycles. The topological polar surface area (TPSA) is 47.6 Å². The predicted molar refractivity (Wildman–Crippen MR) is 66.5 cm³/mol. The fourth-order valence-electron chi connectivity index (χ4n) is 1.98. The van der Waals surface area contributed by atoms with Gasteiger partial charge in [-0.05, 0) is 25.8 Å². The molecule has 0 spiro atoms. The second-order valence-electron chi connectivity index (χ2n) is 4.59. The van der Waals surface area contributed by atoms with E-state index >= 15 is 0 Å². The van der Waals surface area contributed by atoms with Gasteiger partial charge < -0.3 is 9.47 Å². The van der Waals surface area contributed by atoms with Crippen LogP contribution in [0.15, 0.2) is 12.2 Å². The molecule has 0 aliphatic carbocycles. The van der Waals surface area contributed by atoms with Gasteiger partial charge in [0.05, 0.1) is 13.2 Å². The molecule has 0 amide bonds. The Hall–Kier alpha value is -0.870. The van der Waals surface area contributed by atoms with E-state index in [-0.39, 0.29) is 11.7 Å². The molecule has 1 aliphatic heterocycles. The van der Waals surface area contributed by atoms with Gasteiger partial charge in [-0.2, -0.15) is 0 Å². The van der Waals surface area contributed by atoms with Gasteiger partial charge in [-0.3, -0.25) is 5.32 Å². The Balaban J connectivity index is 2.42. The fourth-order valence-corrected chi connectivity index (χ4v) is 1.98. The predicted octanol–water partition coefficient (Wildman–Crippen LogP) is 1.86. The molecule has 0 aromatic heterocycles. The summed E-state index contributed by atoms with van der Waals surface area (Å²) in [5.74, 6) is 0.0606. The molecule has 1 heterocycles. The summed E-state index contributed by atoms with van der Waals surface area (Å²) in [6.45, 7) is 8.14. The zero-order valence-electron chi connectivity index (χ0n) is 11.0. The summed E-state index contributed by atoms with van der Waals surface area (Å²) in [5, 5.41) is 3.41. The van der Waals surface area contributed by atoms with Gasteiger partial charge in [-0.25, -0.2) is 4.79 Å². The minimum atomic E-state index is -0.339. The van der Waals surface area contributed by atoms with E-state index in [1.54, 1.807) is 13.0 Å². The lowest BCUT2D eigenvalue weighted by atomic mass is 9.94. The maximum Gasteiger partial charge on any atom is 0.330 e. The molecule has 1 rings (SSSR count). The maximum atomic E-state index is 11.2. The van der Waals surface area contributed by atoms with Crippen LogP contribution in [0.1, 0.15) is 33.6 Å². The molecule has 1 aliphatic rings. The fraction of sp³-hybridized carbons (Fsp3) is 0.769. The first-order valence-corrected chi connectivity index (χ1v) is 6.29. The molecule has 4 heteroatoms. The van der Waals surface area contributed by atoms with Crippen LogP contribution < -0.4 is 5.32 Å². The first-order valence-electron chi connectivity index (χ1n) is 6.29. The number of carbonyl (C=O) groups is 1. The van der Waals surface area contributed by atoms with Crippen LogP contribution in [0.4, 0.5) is 0 Å². The SMILES string of the molecule is CC=CC(=O)OCCC1(C(C)C)NCCCO1. The Kier molecular flexibility index (Phi) is 5.65. The minimum Gasteiger partial charge on any atom is -0.462 e. The van der Waals surface area contributed by atoms with Gasteiger partial charge in [0.25, 0.3) is 0 Å². The van der Waals surface area contributed by atoms with E-state index in [2.05, 4.69) is 19.2 Å². The van der Waals surface area contributed by atoms with Crippen molar-refractivity contribution in [3.8, 4) is 0 Å². The third kappa shape index (κ3) is 4.13. The average Bonchev–Trinajstić information content (AvgIpc) is 2.30. The van der Waals surface area contributed by atoms with Crippen molar-refractivity contribution in [1.29, 1.82) is 0 Å². The molecule has 1 N–H and O–H groups in total. The highest BCUT2D eigenvalue weighted by Gasteiger charge is 2.36. The summed E-state index contributed by atoms with van der Waals surface area (Å²) in [6, 6.07) is 0. The Labute approximate surface area is 103 Å². The highest BCUT2D eigenvalue weighted by molar-refractivity contribution is 5.81. The summed E-state index contributed by atoms with van der Waals surface area (Å²) in [5.41, 5.74) is -0.339. The summed E-state index contributed by atoms with van der Waals surface area (Å²) in [6.07, 6.45) is 4.83. The molecule has 0 aromatic rings. The van der Waals surface area contributed by atoms with Crippen molar-refractivity contribution >= 4 is 5.97 Å². The van der Waals surface area contributed by atoms with E-state index in [1.807, 2.05) is 0 Å². The number of nitrogens with one attached hydrogen (secondary N) is 1. The van der Waals surface area contributed by atoms with Crippen LogP contribution in [0.2, 0.25) is 0 Å². The van der Waals surface area contributed by atoms with E-state index in [0.29, 0.717) is 18.9 Å². The number of hydrogen-bond donors (Lipinski definition) is 1. The van der Waals surface area contributed by atoms with Gasteiger partial charge in [0, 0.05) is 12.5 Å². The first kappa shape index (κ1) is 14.2. The molecule has 98 valence electrons. The summed E-state index contributed by atoms with van der Waals surface area (Å²) >= 11 is 0. The quantitative estimate of drug-likeness (QED) is 0.589. The van der Waals surface area contributed by atoms with Gasteiger partial charge in [-0.1, -0.05) is 19.9 Å². The van der Waals surface area contributed by atoms with Gasteiger partial charge >= 0.3 is 5.97 Å². The summed E-state index contributed by atoms with van der Waals surface area (Å²) in [7, 11) is 0. The normalized spacial score (nSPS) is 25.4. The van der Waals surface area contributed by atoms with Crippen molar-refractivity contribution in [1.82, 2.24) is 5.32 Å². The van der Waals surface area contributed by atoms with E-state index in [9.17, 15) is 4.79 Å². The second kappa shape index (κ2) is 6.77. The molecule has 1 fully saturated rings. The zero-order valence-corrected chi connectivity index (χ0v) is 11.0. The molecule has 1 saturated heterocycles. The third-order valence-electron chi connectivity index (χ3n) is 3.06. The Morgan fingerprint density at radius 3 is 2.88 bits per heavy atom. The van der Waals surface area contributed by atoms with Crippen molar-refractivity contribution in [2.24, 2.45) is 5.92 Å². The Morgan fingerprint density at radius 1 is 1.59 bits per heavy atom. The molecule has 0 aromatic carbocycles. The Bertz CT molecular complexity index is 268. The van der Waals surface area contributed by atoms with Crippen LogP contribution in [0.3, 0.4) is 0 Å². The lowest BCUT2D eigenvalue weighted by Crippen LogP contribution is -2.56. The molecular weight excluding hydrogens is 218 g/mol. The van der Waals surface area contributed by atoms with E-state index in [0.717, 1.165) is 19.6 Å². The van der Waals surface area contributed by atoms with Crippen molar-refractivity contribution in [3.63, 3.8) is 0 Å². The van der Waals surface area contributed by atoms with Gasteiger partial charge in [0.1, 0.15) is 5.72 Å². The number of ether oxygens (including phenoxy) is 2. The van der Waals surface area contributed by atoms with Gasteiger partial charge in [0.2, 0.25) is 0 Å². The third-order valence-corrected chi connectivity index (χ3v) is 3.06. The monoisotopic (exact) mass is 241 g/mol. The van der Waals surface area contributed by atoms with E-state index in [4.69, 9.17) is 9.47 Å². The molecular formula is C13H23NO3. The summed E-state index contributed by atoms with van der Waals surface area (Å²) in [4.78, 5) is 11.2. The van der Waals surface area contributed by atoms with E-state index in [1.165, 1.54) is 6.08 Å². The van der Waals surface area contributed by atoms with Crippen molar-refractivity contribution in [3.05, 3.63) is 12.2 Å². The van der Waals surface area contributed by atoms with Crippen LogP contribution in [-0.2, 0) is 14.3 Å². The van der Waals surface area contributed by atoms with Gasteiger partial charge in [-0.15, -0.1) is 0 Å². The molecule has 1 atom stereocenters. The van der Waals surface area contributed by atoms with E-state index < -0.39 is 0 Å².